The van der Waals surface area contributed by atoms with Gasteiger partial charge in [-0.05, 0) is 61.5 Å². The normalized spacial score (nSPS) is 21.0. The van der Waals surface area contributed by atoms with Crippen LogP contribution in [0.15, 0.2) is 22.9 Å². The SMILES string of the molecule is CC(C)(C)OC(=O)N1CCC(C2COC(=O)N2c2ccn3ncc(Br)c3n2)CC1. The molecule has 0 aromatic carbocycles. The van der Waals surface area contributed by atoms with Gasteiger partial charge in [0.2, 0.25) is 0 Å². The van der Waals surface area contributed by atoms with Crippen molar-refractivity contribution in [3.63, 3.8) is 0 Å². The van der Waals surface area contributed by atoms with Crippen LogP contribution in [-0.4, -0.2) is 63.0 Å². The first-order chi connectivity index (χ1) is 13.7. The van der Waals surface area contributed by atoms with Crippen LogP contribution in [0.25, 0.3) is 5.65 Å². The molecule has 2 aromatic rings. The molecule has 2 aliphatic rings. The molecule has 0 spiro atoms. The number of anilines is 1. The fourth-order valence-electron chi connectivity index (χ4n) is 3.81. The first-order valence-corrected chi connectivity index (χ1v) is 10.5. The van der Waals surface area contributed by atoms with E-state index in [1.54, 1.807) is 32.8 Å². The minimum Gasteiger partial charge on any atom is -0.447 e. The van der Waals surface area contributed by atoms with Gasteiger partial charge in [0.1, 0.15) is 18.0 Å². The number of carbonyl (C=O) groups is 2. The number of likely N-dealkylation sites (tertiary alicyclic amines) is 1. The van der Waals surface area contributed by atoms with Crippen LogP contribution in [0.3, 0.4) is 0 Å². The third-order valence-corrected chi connectivity index (χ3v) is 5.76. The number of ether oxygens (including phenoxy) is 2. The van der Waals surface area contributed by atoms with Crippen molar-refractivity contribution in [2.75, 3.05) is 24.6 Å². The molecule has 2 aromatic heterocycles. The average Bonchev–Trinajstić information content (AvgIpc) is 3.23. The summed E-state index contributed by atoms with van der Waals surface area (Å²) in [5.41, 5.74) is 0.128. The lowest BCUT2D eigenvalue weighted by molar-refractivity contribution is 0.0173. The third kappa shape index (κ3) is 4.03. The fraction of sp³-hybridized carbons (Fsp3) is 0.579. The van der Waals surface area contributed by atoms with Crippen LogP contribution in [0.4, 0.5) is 15.4 Å². The molecule has 2 aliphatic heterocycles. The number of hydrogen-bond acceptors (Lipinski definition) is 6. The number of amides is 2. The molecule has 4 rings (SSSR count). The van der Waals surface area contributed by atoms with E-state index in [-0.39, 0.29) is 18.1 Å². The van der Waals surface area contributed by atoms with Crippen LogP contribution < -0.4 is 4.90 Å². The number of carbonyl (C=O) groups excluding carboxylic acids is 2. The lowest BCUT2D eigenvalue weighted by atomic mass is 9.89. The molecule has 1 unspecified atom stereocenters. The summed E-state index contributed by atoms with van der Waals surface area (Å²) in [4.78, 5) is 32.7. The first-order valence-electron chi connectivity index (χ1n) is 9.67. The summed E-state index contributed by atoms with van der Waals surface area (Å²) in [5.74, 6) is 0.757. The van der Waals surface area contributed by atoms with Crippen molar-refractivity contribution in [3.05, 3.63) is 22.9 Å². The Bertz CT molecular complexity index is 932. The van der Waals surface area contributed by atoms with Gasteiger partial charge in [-0.25, -0.2) is 19.1 Å². The molecular formula is C19H24BrN5O4. The van der Waals surface area contributed by atoms with Gasteiger partial charge in [-0.2, -0.15) is 5.10 Å². The molecule has 0 saturated carbocycles. The molecule has 10 heteroatoms. The van der Waals surface area contributed by atoms with Crippen molar-refractivity contribution in [3.8, 4) is 0 Å². The molecule has 0 bridgehead atoms. The van der Waals surface area contributed by atoms with E-state index in [1.165, 1.54) is 0 Å². The van der Waals surface area contributed by atoms with Crippen LogP contribution in [-0.2, 0) is 9.47 Å². The van der Waals surface area contributed by atoms with Crippen molar-refractivity contribution in [2.45, 2.75) is 45.3 Å². The number of halogens is 1. The van der Waals surface area contributed by atoms with Crippen molar-refractivity contribution < 1.29 is 19.1 Å². The van der Waals surface area contributed by atoms with E-state index < -0.39 is 11.7 Å². The van der Waals surface area contributed by atoms with Gasteiger partial charge in [0.05, 0.1) is 16.7 Å². The Morgan fingerprint density at radius 1 is 1.31 bits per heavy atom. The van der Waals surface area contributed by atoms with Gasteiger partial charge in [-0.15, -0.1) is 0 Å². The Kier molecular flexibility index (Phi) is 5.14. The van der Waals surface area contributed by atoms with E-state index in [0.29, 0.717) is 31.2 Å². The van der Waals surface area contributed by atoms with Crippen LogP contribution >= 0.6 is 15.9 Å². The van der Waals surface area contributed by atoms with Gasteiger partial charge in [-0.3, -0.25) is 4.90 Å². The van der Waals surface area contributed by atoms with E-state index in [2.05, 4.69) is 26.0 Å². The number of nitrogens with zero attached hydrogens (tertiary/aromatic N) is 5. The molecule has 0 N–H and O–H groups in total. The summed E-state index contributed by atoms with van der Waals surface area (Å²) in [6.45, 7) is 7.10. The third-order valence-electron chi connectivity index (χ3n) is 5.20. The van der Waals surface area contributed by atoms with E-state index in [4.69, 9.17) is 9.47 Å². The second-order valence-electron chi connectivity index (χ2n) is 8.37. The molecule has 4 heterocycles. The Labute approximate surface area is 177 Å². The second-order valence-corrected chi connectivity index (χ2v) is 9.22. The van der Waals surface area contributed by atoms with Gasteiger partial charge in [0.15, 0.2) is 5.65 Å². The molecule has 156 valence electrons. The minimum absolute atomic E-state index is 0.111. The Morgan fingerprint density at radius 3 is 2.72 bits per heavy atom. The molecule has 2 amide bonds. The van der Waals surface area contributed by atoms with E-state index in [9.17, 15) is 9.59 Å². The number of rotatable bonds is 2. The van der Waals surface area contributed by atoms with Crippen molar-refractivity contribution in [2.24, 2.45) is 5.92 Å². The second kappa shape index (κ2) is 7.47. The number of cyclic esters (lactones) is 1. The maximum Gasteiger partial charge on any atom is 0.415 e. The van der Waals surface area contributed by atoms with Crippen LogP contribution in [0.1, 0.15) is 33.6 Å². The molecule has 9 nitrogen and oxygen atoms in total. The molecule has 29 heavy (non-hydrogen) atoms. The lowest BCUT2D eigenvalue weighted by Crippen LogP contribution is -2.47. The highest BCUT2D eigenvalue weighted by Crippen LogP contribution is 2.32. The molecule has 0 aliphatic carbocycles. The number of piperidine rings is 1. The van der Waals surface area contributed by atoms with E-state index in [1.807, 2.05) is 20.8 Å². The van der Waals surface area contributed by atoms with Gasteiger partial charge in [-0.1, -0.05) is 0 Å². The maximum atomic E-state index is 12.5. The highest BCUT2D eigenvalue weighted by Gasteiger charge is 2.42. The van der Waals surface area contributed by atoms with E-state index in [0.717, 1.165) is 17.3 Å². The zero-order chi connectivity index (χ0) is 20.8. The molecule has 2 fully saturated rings. The van der Waals surface area contributed by atoms with Crippen molar-refractivity contribution >= 4 is 39.6 Å². The first kappa shape index (κ1) is 19.9. The number of fused-ring (bicyclic) bond motifs is 1. The zero-order valence-electron chi connectivity index (χ0n) is 16.7. The highest BCUT2D eigenvalue weighted by molar-refractivity contribution is 9.10. The fourth-order valence-corrected chi connectivity index (χ4v) is 4.17. The maximum absolute atomic E-state index is 12.5. The van der Waals surface area contributed by atoms with Crippen molar-refractivity contribution in [1.29, 1.82) is 0 Å². The zero-order valence-corrected chi connectivity index (χ0v) is 18.3. The lowest BCUT2D eigenvalue weighted by Gasteiger charge is -2.36. The predicted molar refractivity (Wildman–Crippen MR) is 109 cm³/mol. The Balaban J connectivity index is 1.47. The van der Waals surface area contributed by atoms with Crippen LogP contribution in [0.5, 0.6) is 0 Å². The van der Waals surface area contributed by atoms with Gasteiger partial charge in [0.25, 0.3) is 0 Å². The van der Waals surface area contributed by atoms with Gasteiger partial charge in [0, 0.05) is 19.3 Å². The molecule has 2 saturated heterocycles. The van der Waals surface area contributed by atoms with E-state index >= 15 is 0 Å². The minimum atomic E-state index is -0.511. The molecular weight excluding hydrogens is 442 g/mol. The summed E-state index contributed by atoms with van der Waals surface area (Å²) < 4.78 is 13.2. The smallest absolute Gasteiger partial charge is 0.415 e. The predicted octanol–water partition coefficient (Wildman–Crippen LogP) is 3.46. The Morgan fingerprint density at radius 2 is 2.03 bits per heavy atom. The topological polar surface area (TPSA) is 89.3 Å². The summed E-state index contributed by atoms with van der Waals surface area (Å²) in [6, 6.07) is 1.65. The largest absolute Gasteiger partial charge is 0.447 e. The number of aromatic nitrogens is 3. The summed E-state index contributed by atoms with van der Waals surface area (Å²) in [6.07, 6.45) is 4.31. The quantitative estimate of drug-likeness (QED) is 0.674. The standard InChI is InChI=1S/C19H24BrN5O4/c1-19(2,3)29-17(26)23-7-4-12(5-8-23)14-11-28-18(27)25(14)15-6-9-24-16(22-15)13(20)10-21-24/h6,9-10,12,14H,4-5,7-8,11H2,1-3H3. The van der Waals surface area contributed by atoms with Crippen LogP contribution in [0.2, 0.25) is 0 Å². The van der Waals surface area contributed by atoms with Gasteiger partial charge >= 0.3 is 12.2 Å². The van der Waals surface area contributed by atoms with Crippen molar-refractivity contribution in [1.82, 2.24) is 19.5 Å². The highest BCUT2D eigenvalue weighted by atomic mass is 79.9. The summed E-state index contributed by atoms with van der Waals surface area (Å²) in [7, 11) is 0. The molecule has 0 radical (unpaired) electrons. The monoisotopic (exact) mass is 465 g/mol. The molecule has 1 atom stereocenters. The van der Waals surface area contributed by atoms with Crippen LogP contribution in [0, 0.1) is 5.92 Å². The average molecular weight is 466 g/mol. The number of hydrogen-bond donors (Lipinski definition) is 0. The summed E-state index contributed by atoms with van der Waals surface area (Å²) >= 11 is 3.43. The van der Waals surface area contributed by atoms with Gasteiger partial charge < -0.3 is 14.4 Å². The Hall–Kier alpha value is -2.36. The summed E-state index contributed by atoms with van der Waals surface area (Å²) in [5, 5.41) is 4.19.